The van der Waals surface area contributed by atoms with Crippen LogP contribution < -0.4 is 0 Å². The lowest BCUT2D eigenvalue weighted by Crippen LogP contribution is -2.13. The second kappa shape index (κ2) is 4.45. The highest BCUT2D eigenvalue weighted by molar-refractivity contribution is 5.76. The molecule has 3 heteroatoms. The van der Waals surface area contributed by atoms with E-state index in [1.54, 1.807) is 0 Å². The molecule has 0 saturated carbocycles. The van der Waals surface area contributed by atoms with Gasteiger partial charge in [0.2, 0.25) is 0 Å². The van der Waals surface area contributed by atoms with Crippen molar-refractivity contribution in [3.05, 3.63) is 29.6 Å². The van der Waals surface area contributed by atoms with Crippen molar-refractivity contribution in [2.75, 3.05) is 0 Å². The fraction of sp³-hybridized carbons (Fsp3) is 0.467. The predicted octanol–water partition coefficient (Wildman–Crippen LogP) is 3.56. The van der Waals surface area contributed by atoms with Gasteiger partial charge in [0.15, 0.2) is 0 Å². The van der Waals surface area contributed by atoms with Gasteiger partial charge >= 0.3 is 0 Å². The number of rotatable bonds is 3. The summed E-state index contributed by atoms with van der Waals surface area (Å²) in [5.74, 6) is 1.60. The molecule has 0 fully saturated rings. The summed E-state index contributed by atoms with van der Waals surface area (Å²) in [4.78, 5) is 7.91. The van der Waals surface area contributed by atoms with E-state index < -0.39 is 5.41 Å². The lowest BCUT2D eigenvalue weighted by molar-refractivity contribution is 0.627. The van der Waals surface area contributed by atoms with Crippen molar-refractivity contribution < 1.29 is 0 Å². The number of fused-ring (bicyclic) bond motifs is 1. The van der Waals surface area contributed by atoms with Gasteiger partial charge in [0.25, 0.3) is 0 Å². The van der Waals surface area contributed by atoms with E-state index in [1.807, 2.05) is 32.0 Å². The van der Waals surface area contributed by atoms with Crippen molar-refractivity contribution in [1.29, 1.82) is 5.26 Å². The maximum atomic E-state index is 9.17. The van der Waals surface area contributed by atoms with E-state index in [-0.39, 0.29) is 0 Å². The van der Waals surface area contributed by atoms with Crippen LogP contribution in [0.2, 0.25) is 0 Å². The van der Waals surface area contributed by atoms with Crippen LogP contribution in [-0.4, -0.2) is 9.97 Å². The normalized spacial score (nSPS) is 12.0. The number of H-pyrrole nitrogens is 1. The molecule has 1 N–H and O–H groups in total. The van der Waals surface area contributed by atoms with Crippen molar-refractivity contribution in [3.63, 3.8) is 0 Å². The highest BCUT2D eigenvalue weighted by Crippen LogP contribution is 2.25. The van der Waals surface area contributed by atoms with E-state index in [0.717, 1.165) is 28.8 Å². The van der Waals surface area contributed by atoms with Crippen molar-refractivity contribution in [3.8, 4) is 6.07 Å². The molecule has 18 heavy (non-hydrogen) atoms. The van der Waals surface area contributed by atoms with E-state index in [2.05, 4.69) is 29.9 Å². The molecule has 1 heterocycles. The Kier molecular flexibility index (Phi) is 3.13. The second-order valence-corrected chi connectivity index (χ2v) is 5.75. The number of hydrogen-bond donors (Lipinski definition) is 1. The van der Waals surface area contributed by atoms with Gasteiger partial charge in [-0.3, -0.25) is 0 Å². The number of nitriles is 1. The first-order valence-corrected chi connectivity index (χ1v) is 6.33. The summed E-state index contributed by atoms with van der Waals surface area (Å²) in [6.45, 7) is 8.22. The molecule has 0 atom stereocenters. The molecule has 1 aromatic carbocycles. The Labute approximate surface area is 108 Å². The molecular formula is C15H19N3. The highest BCUT2D eigenvalue weighted by Gasteiger charge is 2.20. The third-order valence-electron chi connectivity index (χ3n) is 3.13. The van der Waals surface area contributed by atoms with Gasteiger partial charge in [0.05, 0.1) is 22.5 Å². The summed E-state index contributed by atoms with van der Waals surface area (Å²) in [5, 5.41) is 9.17. The van der Waals surface area contributed by atoms with Crippen molar-refractivity contribution >= 4 is 11.0 Å². The Morgan fingerprint density at radius 1 is 1.39 bits per heavy atom. The van der Waals surface area contributed by atoms with Gasteiger partial charge in [0, 0.05) is 6.42 Å². The predicted molar refractivity (Wildman–Crippen MR) is 73.3 cm³/mol. The first kappa shape index (κ1) is 12.6. The highest BCUT2D eigenvalue weighted by atomic mass is 14.9. The maximum Gasteiger partial charge on any atom is 0.107 e. The van der Waals surface area contributed by atoms with Crippen LogP contribution in [0.4, 0.5) is 0 Å². The van der Waals surface area contributed by atoms with Gasteiger partial charge in [-0.2, -0.15) is 5.26 Å². The van der Waals surface area contributed by atoms with Crippen LogP contribution in [0.5, 0.6) is 0 Å². The van der Waals surface area contributed by atoms with Gasteiger partial charge < -0.3 is 4.98 Å². The van der Waals surface area contributed by atoms with Gasteiger partial charge in [0.1, 0.15) is 5.82 Å². The zero-order chi connectivity index (χ0) is 13.3. The molecule has 2 rings (SSSR count). The minimum atomic E-state index is -0.461. The van der Waals surface area contributed by atoms with E-state index in [9.17, 15) is 0 Å². The van der Waals surface area contributed by atoms with E-state index >= 15 is 0 Å². The van der Waals surface area contributed by atoms with Crippen LogP contribution in [0.1, 0.15) is 39.1 Å². The number of benzene rings is 1. The fourth-order valence-electron chi connectivity index (χ4n) is 2.00. The third-order valence-corrected chi connectivity index (χ3v) is 3.13. The Hall–Kier alpha value is -1.82. The average Bonchev–Trinajstić information content (AvgIpc) is 2.68. The van der Waals surface area contributed by atoms with Crippen LogP contribution in [0, 0.1) is 17.2 Å². The van der Waals surface area contributed by atoms with Crippen molar-refractivity contribution in [2.24, 2.45) is 5.92 Å². The Bertz CT molecular complexity index is 600. The zero-order valence-electron chi connectivity index (χ0n) is 11.4. The lowest BCUT2D eigenvalue weighted by atomic mass is 9.86. The number of imidazole rings is 1. The summed E-state index contributed by atoms with van der Waals surface area (Å²) in [6.07, 6.45) is 0.950. The molecule has 2 aromatic rings. The molecule has 3 nitrogen and oxygen atoms in total. The molecule has 0 aliphatic heterocycles. The number of aromatic nitrogens is 2. The molecule has 94 valence electrons. The number of hydrogen-bond acceptors (Lipinski definition) is 2. The van der Waals surface area contributed by atoms with Crippen LogP contribution in [-0.2, 0) is 11.8 Å². The molecule has 0 spiro atoms. The van der Waals surface area contributed by atoms with E-state index in [4.69, 9.17) is 5.26 Å². The van der Waals surface area contributed by atoms with Crippen LogP contribution in [0.15, 0.2) is 18.2 Å². The Balaban J connectivity index is 2.43. The van der Waals surface area contributed by atoms with Gasteiger partial charge in [-0.25, -0.2) is 4.98 Å². The summed E-state index contributed by atoms with van der Waals surface area (Å²) >= 11 is 0. The molecule has 0 radical (unpaired) electrons. The van der Waals surface area contributed by atoms with Gasteiger partial charge in [-0.05, 0) is 37.5 Å². The molecule has 0 bridgehead atoms. The lowest BCUT2D eigenvalue weighted by Gasteiger charge is -2.15. The number of nitrogens with one attached hydrogen (secondary N) is 1. The molecule has 0 unspecified atom stereocenters. The molecular weight excluding hydrogens is 222 g/mol. The molecule has 0 amide bonds. The number of nitrogens with zero attached hydrogens (tertiary/aromatic N) is 2. The minimum Gasteiger partial charge on any atom is -0.342 e. The second-order valence-electron chi connectivity index (χ2n) is 5.75. The smallest absolute Gasteiger partial charge is 0.107 e. The number of aromatic amines is 1. The topological polar surface area (TPSA) is 52.5 Å². The molecule has 0 aliphatic rings. The average molecular weight is 241 g/mol. The van der Waals surface area contributed by atoms with Crippen LogP contribution in [0.3, 0.4) is 0 Å². The largest absolute Gasteiger partial charge is 0.342 e. The van der Waals surface area contributed by atoms with Crippen LogP contribution >= 0.6 is 0 Å². The van der Waals surface area contributed by atoms with E-state index in [0.29, 0.717) is 5.92 Å². The molecule has 0 aliphatic carbocycles. The van der Waals surface area contributed by atoms with Crippen molar-refractivity contribution in [1.82, 2.24) is 9.97 Å². The SMILES string of the molecule is CC(C)Cc1nc2ccc(C(C)(C)C#N)cc2[nH]1. The molecule has 0 saturated heterocycles. The fourth-order valence-corrected chi connectivity index (χ4v) is 2.00. The first-order chi connectivity index (χ1) is 8.42. The third kappa shape index (κ3) is 2.38. The van der Waals surface area contributed by atoms with Gasteiger partial charge in [-0.1, -0.05) is 19.9 Å². The quantitative estimate of drug-likeness (QED) is 0.893. The summed E-state index contributed by atoms with van der Waals surface area (Å²) in [7, 11) is 0. The van der Waals surface area contributed by atoms with E-state index in [1.165, 1.54) is 0 Å². The Morgan fingerprint density at radius 3 is 2.72 bits per heavy atom. The molecule has 1 aromatic heterocycles. The standard InChI is InChI=1S/C15H19N3/c1-10(2)7-14-17-12-6-5-11(8-13(12)18-14)15(3,4)9-16/h5-6,8,10H,7H2,1-4H3,(H,17,18). The van der Waals surface area contributed by atoms with Crippen molar-refractivity contribution in [2.45, 2.75) is 39.5 Å². The first-order valence-electron chi connectivity index (χ1n) is 6.33. The van der Waals surface area contributed by atoms with Crippen LogP contribution in [0.25, 0.3) is 11.0 Å². The summed E-state index contributed by atoms with van der Waals surface area (Å²) in [6, 6.07) is 8.35. The minimum absolute atomic E-state index is 0.461. The van der Waals surface area contributed by atoms with Gasteiger partial charge in [-0.15, -0.1) is 0 Å². The summed E-state index contributed by atoms with van der Waals surface area (Å²) < 4.78 is 0. The Morgan fingerprint density at radius 2 is 2.11 bits per heavy atom. The monoisotopic (exact) mass is 241 g/mol. The zero-order valence-corrected chi connectivity index (χ0v) is 11.4. The maximum absolute atomic E-state index is 9.17. The summed E-state index contributed by atoms with van der Waals surface area (Å²) in [5.41, 5.74) is 2.56.